The molecule has 0 saturated carbocycles. The summed E-state index contributed by atoms with van der Waals surface area (Å²) in [5, 5.41) is 0.996. The third-order valence-electron chi connectivity index (χ3n) is 5.60. The van der Waals surface area contributed by atoms with Crippen LogP contribution >= 0.6 is 15.9 Å². The summed E-state index contributed by atoms with van der Waals surface area (Å²) in [6.07, 6.45) is 2.18. The number of halogens is 1. The Labute approximate surface area is 203 Å². The van der Waals surface area contributed by atoms with Crippen molar-refractivity contribution in [1.29, 1.82) is 0 Å². The van der Waals surface area contributed by atoms with Gasteiger partial charge in [-0.25, -0.2) is 4.79 Å². The zero-order valence-corrected chi connectivity index (χ0v) is 20.6. The molecule has 0 saturated heterocycles. The van der Waals surface area contributed by atoms with E-state index in [0.29, 0.717) is 18.8 Å². The standard InChI is InChI=1S/C28H28BrNO3/c1-3-5-17-33-23-15-13-21(14-16-23)22-10-8-9-20(18-22)19-30-25-12-7-6-11-24(25)26(29)27(30)28(31)32-4-2/h6-16,18H,3-5,17,19H2,1-2H3. The maximum absolute atomic E-state index is 12.8. The molecule has 0 N–H and O–H groups in total. The van der Waals surface area contributed by atoms with E-state index in [9.17, 15) is 4.79 Å². The molecule has 0 atom stereocenters. The lowest BCUT2D eigenvalue weighted by Gasteiger charge is -2.12. The minimum atomic E-state index is -0.324. The molecule has 0 unspecified atom stereocenters. The van der Waals surface area contributed by atoms with E-state index in [0.717, 1.165) is 57.3 Å². The van der Waals surface area contributed by atoms with E-state index in [4.69, 9.17) is 9.47 Å². The van der Waals surface area contributed by atoms with Gasteiger partial charge in [-0.1, -0.05) is 61.9 Å². The highest BCUT2D eigenvalue weighted by Crippen LogP contribution is 2.33. The third kappa shape index (κ3) is 5.14. The maximum atomic E-state index is 12.8. The smallest absolute Gasteiger partial charge is 0.356 e. The van der Waals surface area contributed by atoms with Crippen LogP contribution in [-0.4, -0.2) is 23.8 Å². The number of carbonyl (C=O) groups is 1. The van der Waals surface area contributed by atoms with Crippen LogP contribution in [0.25, 0.3) is 22.0 Å². The maximum Gasteiger partial charge on any atom is 0.356 e. The van der Waals surface area contributed by atoms with Crippen molar-refractivity contribution in [3.05, 3.63) is 88.5 Å². The van der Waals surface area contributed by atoms with Crippen LogP contribution in [0.2, 0.25) is 0 Å². The molecular formula is C28H28BrNO3. The first-order chi connectivity index (χ1) is 16.1. The van der Waals surface area contributed by atoms with Crippen LogP contribution in [0, 0.1) is 0 Å². The number of para-hydroxylation sites is 1. The lowest BCUT2D eigenvalue weighted by Crippen LogP contribution is -2.13. The predicted octanol–water partition coefficient (Wildman–Crippen LogP) is 7.47. The second-order valence-corrected chi connectivity index (χ2v) is 8.71. The quantitative estimate of drug-likeness (QED) is 0.175. The van der Waals surface area contributed by atoms with Crippen LogP contribution in [0.15, 0.2) is 77.3 Å². The van der Waals surface area contributed by atoms with Crippen LogP contribution < -0.4 is 4.74 Å². The van der Waals surface area contributed by atoms with Crippen LogP contribution in [0.5, 0.6) is 5.75 Å². The summed E-state index contributed by atoms with van der Waals surface area (Å²) >= 11 is 3.63. The Morgan fingerprint density at radius 2 is 1.73 bits per heavy atom. The van der Waals surface area contributed by atoms with Gasteiger partial charge in [-0.3, -0.25) is 0 Å². The lowest BCUT2D eigenvalue weighted by molar-refractivity contribution is 0.0514. The highest BCUT2D eigenvalue weighted by Gasteiger charge is 2.22. The minimum absolute atomic E-state index is 0.324. The largest absolute Gasteiger partial charge is 0.494 e. The molecule has 0 amide bonds. The second-order valence-electron chi connectivity index (χ2n) is 7.91. The van der Waals surface area contributed by atoms with Gasteiger partial charge >= 0.3 is 5.97 Å². The van der Waals surface area contributed by atoms with Gasteiger partial charge < -0.3 is 14.0 Å². The summed E-state index contributed by atoms with van der Waals surface area (Å²) in [6.45, 7) is 5.62. The van der Waals surface area contributed by atoms with Crippen molar-refractivity contribution in [2.24, 2.45) is 0 Å². The zero-order valence-electron chi connectivity index (χ0n) is 19.0. The van der Waals surface area contributed by atoms with Gasteiger partial charge in [0, 0.05) is 11.9 Å². The van der Waals surface area contributed by atoms with Crippen LogP contribution in [0.4, 0.5) is 0 Å². The number of unbranched alkanes of at least 4 members (excludes halogenated alkanes) is 1. The average molecular weight is 506 g/mol. The highest BCUT2D eigenvalue weighted by molar-refractivity contribution is 9.10. The molecule has 0 spiro atoms. The molecular weight excluding hydrogens is 478 g/mol. The number of rotatable bonds is 9. The Bertz CT molecular complexity index is 1240. The van der Waals surface area contributed by atoms with E-state index >= 15 is 0 Å². The number of hydrogen-bond donors (Lipinski definition) is 0. The van der Waals surface area contributed by atoms with Gasteiger partial charge in [0.05, 0.1) is 23.2 Å². The fourth-order valence-electron chi connectivity index (χ4n) is 3.93. The molecule has 4 rings (SSSR count). The first-order valence-corrected chi connectivity index (χ1v) is 12.2. The van der Waals surface area contributed by atoms with Gasteiger partial charge in [-0.15, -0.1) is 0 Å². The number of ether oxygens (including phenoxy) is 2. The monoisotopic (exact) mass is 505 g/mol. The van der Waals surface area contributed by atoms with E-state index < -0.39 is 0 Å². The Morgan fingerprint density at radius 3 is 2.48 bits per heavy atom. The summed E-state index contributed by atoms with van der Waals surface area (Å²) in [6, 6.07) is 24.6. The van der Waals surface area contributed by atoms with Gasteiger partial charge in [0.2, 0.25) is 0 Å². The highest BCUT2D eigenvalue weighted by atomic mass is 79.9. The summed E-state index contributed by atoms with van der Waals surface area (Å²) in [5.74, 6) is 0.571. The predicted molar refractivity (Wildman–Crippen MR) is 137 cm³/mol. The lowest BCUT2D eigenvalue weighted by atomic mass is 10.0. The van der Waals surface area contributed by atoms with E-state index in [1.54, 1.807) is 0 Å². The van der Waals surface area contributed by atoms with E-state index in [1.807, 2.05) is 47.9 Å². The van der Waals surface area contributed by atoms with Gasteiger partial charge in [0.25, 0.3) is 0 Å². The molecule has 33 heavy (non-hydrogen) atoms. The van der Waals surface area contributed by atoms with E-state index in [2.05, 4.69) is 59.3 Å². The van der Waals surface area contributed by atoms with Gasteiger partial charge in [0.15, 0.2) is 0 Å². The van der Waals surface area contributed by atoms with Crippen molar-refractivity contribution in [2.75, 3.05) is 13.2 Å². The molecule has 0 aliphatic rings. The number of benzene rings is 3. The SMILES string of the molecule is CCCCOc1ccc(-c2cccc(Cn3c(C(=O)OCC)c(Br)c4ccccc43)c2)cc1. The van der Waals surface area contributed by atoms with E-state index in [1.165, 1.54) is 0 Å². The number of hydrogen-bond acceptors (Lipinski definition) is 3. The van der Waals surface area contributed by atoms with Crippen molar-refractivity contribution in [2.45, 2.75) is 33.2 Å². The fraction of sp³-hybridized carbons (Fsp3) is 0.250. The summed E-state index contributed by atoms with van der Waals surface area (Å²) in [5.41, 5.74) is 4.89. The fourth-order valence-corrected chi connectivity index (χ4v) is 4.65. The van der Waals surface area contributed by atoms with Gasteiger partial charge in [-0.05, 0) is 70.2 Å². The minimum Gasteiger partial charge on any atom is -0.494 e. The Balaban J connectivity index is 1.64. The van der Waals surface area contributed by atoms with Crippen molar-refractivity contribution in [3.63, 3.8) is 0 Å². The summed E-state index contributed by atoms with van der Waals surface area (Å²) in [7, 11) is 0. The summed E-state index contributed by atoms with van der Waals surface area (Å²) < 4.78 is 13.9. The van der Waals surface area contributed by atoms with Crippen molar-refractivity contribution in [3.8, 4) is 16.9 Å². The Hall–Kier alpha value is -3.05. The molecule has 0 bridgehead atoms. The number of aromatic nitrogens is 1. The first kappa shape index (κ1) is 23.1. The molecule has 0 fully saturated rings. The molecule has 0 aliphatic heterocycles. The van der Waals surface area contributed by atoms with Crippen LogP contribution in [0.3, 0.4) is 0 Å². The van der Waals surface area contributed by atoms with E-state index in [-0.39, 0.29) is 5.97 Å². The van der Waals surface area contributed by atoms with Gasteiger partial charge in [0.1, 0.15) is 11.4 Å². The molecule has 4 nitrogen and oxygen atoms in total. The molecule has 5 heteroatoms. The normalized spacial score (nSPS) is 11.0. The average Bonchev–Trinajstić information content (AvgIpc) is 3.12. The summed E-state index contributed by atoms with van der Waals surface area (Å²) in [4.78, 5) is 12.8. The molecule has 1 aromatic heterocycles. The number of esters is 1. The molecule has 170 valence electrons. The number of carbonyl (C=O) groups excluding carboxylic acids is 1. The first-order valence-electron chi connectivity index (χ1n) is 11.4. The topological polar surface area (TPSA) is 40.5 Å². The Morgan fingerprint density at radius 1 is 0.939 bits per heavy atom. The van der Waals surface area contributed by atoms with Crippen LogP contribution in [0.1, 0.15) is 42.7 Å². The molecule has 0 radical (unpaired) electrons. The zero-order chi connectivity index (χ0) is 23.2. The van der Waals surface area contributed by atoms with Crippen molar-refractivity contribution >= 4 is 32.8 Å². The number of fused-ring (bicyclic) bond motifs is 1. The molecule has 0 aliphatic carbocycles. The Kier molecular flexibility index (Phi) is 7.50. The van der Waals surface area contributed by atoms with Crippen LogP contribution in [-0.2, 0) is 11.3 Å². The third-order valence-corrected chi connectivity index (χ3v) is 6.40. The number of nitrogens with zero attached hydrogens (tertiary/aromatic N) is 1. The van der Waals surface area contributed by atoms with Gasteiger partial charge in [-0.2, -0.15) is 0 Å². The van der Waals surface area contributed by atoms with Crippen molar-refractivity contribution in [1.82, 2.24) is 4.57 Å². The molecule has 1 heterocycles. The molecule has 4 aromatic rings. The molecule has 3 aromatic carbocycles. The second kappa shape index (κ2) is 10.7. The van der Waals surface area contributed by atoms with Crippen molar-refractivity contribution < 1.29 is 14.3 Å².